The lowest BCUT2D eigenvalue weighted by molar-refractivity contribution is -0.163. The topological polar surface area (TPSA) is 80.7 Å². The van der Waals surface area contributed by atoms with Crippen molar-refractivity contribution in [3.63, 3.8) is 0 Å². The first-order valence-electron chi connectivity index (χ1n) is 8.30. The van der Waals surface area contributed by atoms with E-state index in [2.05, 4.69) is 0 Å². The molecule has 1 aromatic rings. The Hall–Kier alpha value is -1.72. The maximum Gasteiger partial charge on any atom is 0.306 e. The molecule has 1 aliphatic carbocycles. The summed E-state index contributed by atoms with van der Waals surface area (Å²) in [6.07, 6.45) is -0.117. The Morgan fingerprint density at radius 1 is 1.20 bits per heavy atom. The molecule has 1 N–H and O–H groups in total. The zero-order valence-corrected chi connectivity index (χ0v) is 15.4. The molecule has 136 valence electrons. The number of rotatable bonds is 5. The van der Waals surface area contributed by atoms with Crippen LogP contribution in [0.3, 0.4) is 0 Å². The van der Waals surface area contributed by atoms with Crippen LogP contribution in [0.1, 0.15) is 51.5 Å². The maximum absolute atomic E-state index is 12.7. The molecule has 0 radical (unpaired) electrons. The average molecular weight is 367 g/mol. The number of hydrogen-bond acceptors (Lipinski definition) is 5. The Balaban J connectivity index is 2.46. The van der Waals surface area contributed by atoms with E-state index < -0.39 is 34.5 Å². The molecular formula is C19H23ClO5. The van der Waals surface area contributed by atoms with Crippen molar-refractivity contribution < 1.29 is 24.2 Å². The fraction of sp³-hybridized carbons (Fsp3) is 0.526. The van der Waals surface area contributed by atoms with E-state index in [9.17, 15) is 19.5 Å². The van der Waals surface area contributed by atoms with E-state index in [0.29, 0.717) is 10.6 Å². The van der Waals surface area contributed by atoms with Crippen LogP contribution in [0.2, 0.25) is 5.02 Å². The summed E-state index contributed by atoms with van der Waals surface area (Å²) < 4.78 is 4.97. The van der Waals surface area contributed by atoms with Crippen molar-refractivity contribution in [1.82, 2.24) is 0 Å². The summed E-state index contributed by atoms with van der Waals surface area (Å²) in [6.45, 7) is 5.47. The Morgan fingerprint density at radius 3 is 2.20 bits per heavy atom. The minimum Gasteiger partial charge on any atom is -0.466 e. The minimum absolute atomic E-state index is 0.0716. The van der Waals surface area contributed by atoms with Crippen molar-refractivity contribution in [2.45, 2.75) is 51.6 Å². The lowest BCUT2D eigenvalue weighted by atomic mass is 9.63. The van der Waals surface area contributed by atoms with Crippen molar-refractivity contribution in [2.24, 2.45) is 5.41 Å². The lowest BCUT2D eigenvalue weighted by Crippen LogP contribution is -2.57. The van der Waals surface area contributed by atoms with Crippen molar-refractivity contribution in [3.05, 3.63) is 34.9 Å². The third kappa shape index (κ3) is 4.10. The predicted octanol–water partition coefficient (Wildman–Crippen LogP) is 3.07. The fourth-order valence-corrected chi connectivity index (χ4v) is 3.46. The molecule has 2 rings (SSSR count). The lowest BCUT2D eigenvalue weighted by Gasteiger charge is -2.41. The van der Waals surface area contributed by atoms with E-state index in [0.717, 1.165) is 0 Å². The van der Waals surface area contributed by atoms with Crippen LogP contribution in [0.5, 0.6) is 0 Å². The van der Waals surface area contributed by atoms with Gasteiger partial charge in [0, 0.05) is 23.8 Å². The van der Waals surface area contributed by atoms with Gasteiger partial charge in [-0.15, -0.1) is 0 Å². The van der Waals surface area contributed by atoms with E-state index in [1.807, 2.05) is 13.8 Å². The molecule has 1 unspecified atom stereocenters. The number of aliphatic hydroxyl groups is 1. The molecule has 6 heteroatoms. The molecule has 0 spiro atoms. The van der Waals surface area contributed by atoms with Crippen molar-refractivity contribution in [1.29, 1.82) is 0 Å². The standard InChI is InChI=1S/C19H23ClO5/c1-4-25-17(23)9-14(12-5-7-13(20)8-6-12)19(24)15(21)10-18(2,3)11-16(19)22/h5-8,14,24H,4,9-11H2,1-3H3. The largest absolute Gasteiger partial charge is 0.466 e. The zero-order chi connectivity index (χ0) is 18.8. The van der Waals surface area contributed by atoms with Crippen LogP contribution in [0.15, 0.2) is 24.3 Å². The third-order valence-electron chi connectivity index (χ3n) is 4.58. The van der Waals surface area contributed by atoms with Gasteiger partial charge in [0.15, 0.2) is 17.2 Å². The van der Waals surface area contributed by atoms with E-state index in [-0.39, 0.29) is 25.9 Å². The highest BCUT2D eigenvalue weighted by molar-refractivity contribution is 6.30. The monoisotopic (exact) mass is 366 g/mol. The van der Waals surface area contributed by atoms with Gasteiger partial charge in [-0.3, -0.25) is 14.4 Å². The summed E-state index contributed by atoms with van der Waals surface area (Å²) >= 11 is 5.90. The molecule has 0 amide bonds. The van der Waals surface area contributed by atoms with Gasteiger partial charge in [0.2, 0.25) is 0 Å². The molecule has 1 fully saturated rings. The van der Waals surface area contributed by atoms with Gasteiger partial charge >= 0.3 is 5.97 Å². The number of carbonyl (C=O) groups excluding carboxylic acids is 3. The summed E-state index contributed by atoms with van der Waals surface area (Å²) in [7, 11) is 0. The summed E-state index contributed by atoms with van der Waals surface area (Å²) in [6, 6.07) is 6.43. The van der Waals surface area contributed by atoms with Crippen LogP contribution < -0.4 is 0 Å². The molecule has 1 atom stereocenters. The first kappa shape index (κ1) is 19.6. The number of esters is 1. The van der Waals surface area contributed by atoms with Crippen LogP contribution in [-0.2, 0) is 19.1 Å². The second kappa shape index (κ2) is 7.26. The Kier molecular flexibility index (Phi) is 5.69. The SMILES string of the molecule is CCOC(=O)CC(c1ccc(Cl)cc1)C1(O)C(=O)CC(C)(C)CC1=O. The van der Waals surface area contributed by atoms with Crippen LogP contribution >= 0.6 is 11.6 Å². The number of halogens is 1. The van der Waals surface area contributed by atoms with E-state index in [1.165, 1.54) is 0 Å². The van der Waals surface area contributed by atoms with Gasteiger partial charge in [0.25, 0.3) is 0 Å². The summed E-state index contributed by atoms with van der Waals surface area (Å²) in [5.74, 6) is -2.68. The number of carbonyl (C=O) groups is 3. The van der Waals surface area contributed by atoms with Gasteiger partial charge in [-0.2, -0.15) is 0 Å². The van der Waals surface area contributed by atoms with Crippen LogP contribution in [0.4, 0.5) is 0 Å². The van der Waals surface area contributed by atoms with Crippen LogP contribution in [0, 0.1) is 5.41 Å². The number of Topliss-reactive ketones (excluding diaryl/α,β-unsaturated/α-hetero) is 2. The molecule has 1 saturated carbocycles. The number of hydrogen-bond donors (Lipinski definition) is 1. The highest BCUT2D eigenvalue weighted by Gasteiger charge is 2.56. The smallest absolute Gasteiger partial charge is 0.306 e. The van der Waals surface area contributed by atoms with Crippen molar-refractivity contribution >= 4 is 29.1 Å². The van der Waals surface area contributed by atoms with Gasteiger partial charge in [0.1, 0.15) is 0 Å². The Morgan fingerprint density at radius 2 is 1.72 bits per heavy atom. The molecular weight excluding hydrogens is 344 g/mol. The highest BCUT2D eigenvalue weighted by Crippen LogP contribution is 2.43. The molecule has 5 nitrogen and oxygen atoms in total. The number of ketones is 2. The average Bonchev–Trinajstić information content (AvgIpc) is 2.51. The minimum atomic E-state index is -2.23. The quantitative estimate of drug-likeness (QED) is 0.639. The molecule has 1 aliphatic rings. The first-order chi connectivity index (χ1) is 11.6. The highest BCUT2D eigenvalue weighted by atomic mass is 35.5. The first-order valence-corrected chi connectivity index (χ1v) is 8.68. The van der Waals surface area contributed by atoms with Gasteiger partial charge < -0.3 is 9.84 Å². The molecule has 0 saturated heterocycles. The Bertz CT molecular complexity index is 658. The molecule has 0 bridgehead atoms. The molecule has 1 aromatic carbocycles. The number of ether oxygens (including phenoxy) is 1. The molecule has 0 aromatic heterocycles. The molecule has 0 aliphatic heterocycles. The second-order valence-corrected chi connectivity index (χ2v) is 7.68. The van der Waals surface area contributed by atoms with E-state index in [1.54, 1.807) is 31.2 Å². The predicted molar refractivity (Wildman–Crippen MR) is 93.4 cm³/mol. The normalized spacial score (nSPS) is 20.2. The van der Waals surface area contributed by atoms with E-state index in [4.69, 9.17) is 16.3 Å². The molecule has 0 heterocycles. The molecule has 25 heavy (non-hydrogen) atoms. The zero-order valence-electron chi connectivity index (χ0n) is 14.7. The van der Waals surface area contributed by atoms with E-state index >= 15 is 0 Å². The summed E-state index contributed by atoms with van der Waals surface area (Å²) in [5.41, 5.74) is -2.23. The van der Waals surface area contributed by atoms with Gasteiger partial charge in [-0.1, -0.05) is 37.6 Å². The van der Waals surface area contributed by atoms with Crippen LogP contribution in [0.25, 0.3) is 0 Å². The van der Waals surface area contributed by atoms with Crippen molar-refractivity contribution in [3.8, 4) is 0 Å². The maximum atomic E-state index is 12.7. The van der Waals surface area contributed by atoms with Gasteiger partial charge in [-0.25, -0.2) is 0 Å². The summed E-state index contributed by atoms with van der Waals surface area (Å²) in [5, 5.41) is 11.6. The Labute approximate surface area is 152 Å². The number of benzene rings is 1. The summed E-state index contributed by atoms with van der Waals surface area (Å²) in [4.78, 5) is 37.5. The van der Waals surface area contributed by atoms with Crippen LogP contribution in [-0.4, -0.2) is 34.9 Å². The third-order valence-corrected chi connectivity index (χ3v) is 4.83. The van der Waals surface area contributed by atoms with Gasteiger partial charge in [0.05, 0.1) is 13.0 Å². The second-order valence-electron chi connectivity index (χ2n) is 7.24. The van der Waals surface area contributed by atoms with Gasteiger partial charge in [-0.05, 0) is 30.0 Å². The fourth-order valence-electron chi connectivity index (χ4n) is 3.33. The van der Waals surface area contributed by atoms with Crippen molar-refractivity contribution in [2.75, 3.05) is 6.61 Å².